The van der Waals surface area contributed by atoms with Gasteiger partial charge in [-0.05, 0) is 174 Å². The summed E-state index contributed by atoms with van der Waals surface area (Å²) in [6.45, 7) is 21.7. The normalized spacial score (nSPS) is 18.8. The number of methoxy groups -OCH3 is 1. The van der Waals surface area contributed by atoms with Gasteiger partial charge in [0.15, 0.2) is 0 Å². The number of aryl methyl sites for hydroxylation is 1. The van der Waals surface area contributed by atoms with Gasteiger partial charge in [0, 0.05) is 158 Å². The SMILES string of the molecule is CCOc1ccc(Br)c2c1B(O)O[C@@H]2CN.CCOc1ccc(C)c2c1B(O)OC2CN.CCOc1ccc(Cl)c2c1B(O)O[C@@H]2CN.CCOc1ccc(Cl)c2c1B(O)O[C@H]2CN.CCOc1ccc(F)c2c1B(O)OC2CN.CCOc1ccc(F)c2c1B(O)O[C@@H]2CN.CCOc1cccc2c1B(O)O[C@@H]2CN.COc1cccc2c1B(O)O[C@@H]2CN.NC[C@H]1OB(O)c2c(OCCCO)cccc21. The fourth-order valence-electron chi connectivity index (χ4n) is 17.3. The van der Waals surface area contributed by atoms with Crippen LogP contribution in [0.25, 0.3) is 0 Å². The molecule has 0 amide bonds. The Bertz CT molecular complexity index is 5030. The molecule has 0 radical (unpaired) electrons. The number of ether oxygens (including phenoxy) is 9. The lowest BCUT2D eigenvalue weighted by Crippen LogP contribution is -2.30. The zero-order chi connectivity index (χ0) is 103. The second kappa shape index (κ2) is 55.9. The number of hydrogen-bond acceptors (Lipinski definition) is 37. The van der Waals surface area contributed by atoms with Crippen molar-refractivity contribution < 1.29 is 144 Å². The molecular weight excluding hydrogens is 1950 g/mol. The van der Waals surface area contributed by atoms with Gasteiger partial charge in [-0.15, -0.1) is 0 Å². The number of nitrogens with two attached hydrogens (primary N) is 9. The van der Waals surface area contributed by atoms with E-state index in [0.717, 1.165) is 59.9 Å². The highest BCUT2D eigenvalue weighted by Crippen LogP contribution is 2.40. The van der Waals surface area contributed by atoms with Crippen LogP contribution < -0.4 is 143 Å². The molecule has 9 aliphatic rings. The van der Waals surface area contributed by atoms with E-state index < -0.39 is 87.9 Å². The van der Waals surface area contributed by atoms with Gasteiger partial charge in [-0.2, -0.15) is 0 Å². The van der Waals surface area contributed by atoms with Gasteiger partial charge in [0.25, 0.3) is 0 Å². The highest BCUT2D eigenvalue weighted by atomic mass is 79.9. The van der Waals surface area contributed by atoms with Crippen molar-refractivity contribution in [2.45, 2.75) is 117 Å². The molecule has 0 bridgehead atoms. The largest absolute Gasteiger partial charge is 0.497 e. The number of halogens is 5. The Morgan fingerprint density at radius 2 is 0.528 bits per heavy atom. The van der Waals surface area contributed by atoms with Crippen LogP contribution in [0.1, 0.15) is 165 Å². The Hall–Kier alpha value is -8.44. The van der Waals surface area contributed by atoms with Gasteiger partial charge in [-0.3, -0.25) is 0 Å². The molecule has 0 saturated heterocycles. The summed E-state index contributed by atoms with van der Waals surface area (Å²) in [5.41, 5.74) is 63.1. The highest BCUT2D eigenvalue weighted by molar-refractivity contribution is 9.10. The summed E-state index contributed by atoms with van der Waals surface area (Å²) in [6.07, 6.45) is -2.62. The fourth-order valence-corrected chi connectivity index (χ4v) is 18.5. The topological polar surface area (TPSA) is 603 Å². The second-order valence-corrected chi connectivity index (χ2v) is 33.6. The maximum atomic E-state index is 13.6. The summed E-state index contributed by atoms with van der Waals surface area (Å²) in [5, 5.41) is 97.6. The standard InChI is InChI=1S/C11H16BNO4.C11H16BNO3.C10H13BBrNO3.2C10H13BClNO3.2C10H13BFNO3.C10H14BNO3.C9H12BNO3/c13-7-10-8-3-1-4-9(16-6-2-5-14)11(8)12(15)17-10;1-3-15-8-5-4-7(2)10-9(6-13)16-12(14)11(8)10;5*1-2-15-7-4-3-6(12)9-8(5-13)16-11(14)10(7)9;1-2-14-8-5-3-4-7-9(6-12)15-11(13)10(7)8;1-13-7-4-2-3-6-8(5-11)14-10(12)9(6)7/h1,3-4,10,14-15H,2,5-7,13H2;4-5,9,14H,3,6,13H2,1-2H3;5*3-4,8,14H,2,5,13H2,1H3;3-5,9,13H,2,6,12H2,1H3;2-4,8,12H,5,11H2,1H3/t10-;;4*8-;;9-;8-/m1.1101.11/s1. The van der Waals surface area contributed by atoms with Crippen LogP contribution in [0.3, 0.4) is 0 Å². The molecule has 18 rings (SSSR count). The van der Waals surface area contributed by atoms with Crippen molar-refractivity contribution in [3.63, 3.8) is 0 Å². The third-order valence-electron chi connectivity index (χ3n) is 23.4. The van der Waals surface area contributed by atoms with E-state index >= 15 is 0 Å². The van der Waals surface area contributed by atoms with Crippen molar-refractivity contribution in [2.24, 2.45) is 51.6 Å². The van der Waals surface area contributed by atoms with Crippen molar-refractivity contribution in [3.05, 3.63) is 209 Å². The zero-order valence-corrected chi connectivity index (χ0v) is 83.5. The van der Waals surface area contributed by atoms with Gasteiger partial charge in [0.1, 0.15) is 63.4 Å². The number of benzene rings is 9. The fraction of sp³-hybridized carbons (Fsp3) is 0.407. The summed E-state index contributed by atoms with van der Waals surface area (Å²) in [4.78, 5) is 0. The molecular formula is C91H123B9BrCl2F2N9O28. The van der Waals surface area contributed by atoms with E-state index in [9.17, 15) is 54.0 Å². The Morgan fingerprint density at radius 3 is 0.838 bits per heavy atom. The summed E-state index contributed by atoms with van der Waals surface area (Å²) >= 11 is 15.6. The van der Waals surface area contributed by atoms with Gasteiger partial charge < -0.3 is 186 Å². The van der Waals surface area contributed by atoms with Gasteiger partial charge in [-0.1, -0.05) is 81.6 Å². The molecule has 9 aliphatic heterocycles. The number of fused-ring (bicyclic) bond motifs is 9. The Balaban J connectivity index is 0.000000164. The molecule has 2 unspecified atom stereocenters. The van der Waals surface area contributed by atoms with Crippen LogP contribution in [-0.2, 0) is 41.9 Å². The number of aliphatic hydroxyl groups excluding tert-OH is 1. The monoisotopic (exact) mass is 2080 g/mol. The first-order valence-corrected chi connectivity index (χ1v) is 48.1. The third kappa shape index (κ3) is 26.7. The van der Waals surface area contributed by atoms with Crippen molar-refractivity contribution in [3.8, 4) is 51.7 Å². The van der Waals surface area contributed by atoms with E-state index in [1.165, 1.54) is 24.3 Å². The van der Waals surface area contributed by atoms with Gasteiger partial charge in [0.2, 0.25) is 0 Å². The molecule has 37 nitrogen and oxygen atoms in total. The van der Waals surface area contributed by atoms with Gasteiger partial charge >= 0.3 is 64.1 Å². The van der Waals surface area contributed by atoms with E-state index in [0.29, 0.717) is 203 Å². The van der Waals surface area contributed by atoms with Crippen LogP contribution in [0.2, 0.25) is 10.0 Å². The molecule has 9 atom stereocenters. The summed E-state index contributed by atoms with van der Waals surface area (Å²) < 4.78 is 124. The summed E-state index contributed by atoms with van der Waals surface area (Å²) in [6, 6.07) is 36.7. The highest BCUT2D eigenvalue weighted by Gasteiger charge is 2.47. The predicted octanol–water partition coefficient (Wildman–Crippen LogP) is -0.146. The first-order valence-electron chi connectivity index (χ1n) is 46.6. The molecule has 9 aromatic carbocycles. The number of hydrogen-bond donors (Lipinski definition) is 19. The van der Waals surface area contributed by atoms with Crippen molar-refractivity contribution in [1.82, 2.24) is 0 Å². The molecule has 9 heterocycles. The molecule has 0 spiro atoms. The molecule has 762 valence electrons. The quantitative estimate of drug-likeness (QED) is 0.0224. The third-order valence-corrected chi connectivity index (χ3v) is 24.7. The molecule has 0 aromatic heterocycles. The van der Waals surface area contributed by atoms with Crippen molar-refractivity contribution >= 4 is 152 Å². The first-order chi connectivity index (χ1) is 68.4. The van der Waals surface area contributed by atoms with E-state index in [-0.39, 0.29) is 75.5 Å². The van der Waals surface area contributed by atoms with Crippen LogP contribution in [0.4, 0.5) is 8.78 Å². The lowest BCUT2D eigenvalue weighted by atomic mass is 9.77. The molecule has 9 aromatic rings. The van der Waals surface area contributed by atoms with E-state index in [1.807, 2.05) is 122 Å². The smallest absolute Gasteiger partial charge is 0.495 e. The van der Waals surface area contributed by atoms with Crippen molar-refractivity contribution in [2.75, 3.05) is 125 Å². The lowest BCUT2D eigenvalue weighted by Gasteiger charge is -2.13. The van der Waals surface area contributed by atoms with Crippen LogP contribution in [-0.4, -0.2) is 240 Å². The Labute approximate surface area is 845 Å². The molecule has 28 N–H and O–H groups in total. The molecule has 0 fully saturated rings. The van der Waals surface area contributed by atoms with Gasteiger partial charge in [-0.25, -0.2) is 8.78 Å². The van der Waals surface area contributed by atoms with Crippen LogP contribution in [0, 0.1) is 18.6 Å². The van der Waals surface area contributed by atoms with Crippen molar-refractivity contribution in [1.29, 1.82) is 0 Å². The molecule has 142 heavy (non-hydrogen) atoms. The number of rotatable bonds is 28. The van der Waals surface area contributed by atoms with E-state index in [4.69, 9.17) is 164 Å². The molecule has 0 saturated carbocycles. The Kier molecular flexibility index (Phi) is 45.5. The predicted molar refractivity (Wildman–Crippen MR) is 547 cm³/mol. The lowest BCUT2D eigenvalue weighted by molar-refractivity contribution is 0.194. The molecule has 51 heteroatoms. The van der Waals surface area contributed by atoms with E-state index in [1.54, 1.807) is 43.5 Å². The van der Waals surface area contributed by atoms with Crippen LogP contribution in [0.5, 0.6) is 51.7 Å². The average molecular weight is 2080 g/mol. The zero-order valence-electron chi connectivity index (χ0n) is 80.4. The van der Waals surface area contributed by atoms with Crippen LogP contribution in [0.15, 0.2) is 132 Å². The minimum Gasteiger partial charge on any atom is -0.497 e. The Morgan fingerprint density at radius 1 is 0.296 bits per heavy atom. The maximum absolute atomic E-state index is 13.6. The summed E-state index contributed by atoms with van der Waals surface area (Å²) in [7, 11) is -7.49. The average Bonchev–Trinajstić information content (AvgIpc) is 1.63. The minimum atomic E-state index is -1.17. The van der Waals surface area contributed by atoms with Gasteiger partial charge in [0.05, 0.1) is 115 Å². The van der Waals surface area contributed by atoms with Crippen LogP contribution >= 0.6 is 39.1 Å². The number of aliphatic hydroxyl groups is 1. The second-order valence-electron chi connectivity index (χ2n) is 31.9. The van der Waals surface area contributed by atoms with E-state index in [2.05, 4.69) is 15.9 Å². The maximum Gasteiger partial charge on any atom is 0.495 e. The minimum absolute atomic E-state index is 0.0828. The summed E-state index contributed by atoms with van der Waals surface area (Å²) in [5.74, 6) is 4.51. The first kappa shape index (κ1) is 115. The molecule has 0 aliphatic carbocycles.